The molecule has 2 atom stereocenters. The van der Waals surface area contributed by atoms with Crippen LogP contribution in [-0.4, -0.2) is 46.4 Å². The molecular formula is C16H19N5O4S. The van der Waals surface area contributed by atoms with Crippen LogP contribution in [0.25, 0.3) is 11.5 Å². The van der Waals surface area contributed by atoms with Crippen LogP contribution in [-0.2, 0) is 14.4 Å². The van der Waals surface area contributed by atoms with Crippen LogP contribution in [0.2, 0.25) is 0 Å². The molecule has 0 saturated carbocycles. The van der Waals surface area contributed by atoms with Gasteiger partial charge in [0.05, 0.1) is 6.04 Å². The fourth-order valence-corrected chi connectivity index (χ4v) is 3.19. The summed E-state index contributed by atoms with van der Waals surface area (Å²) < 4.78 is 5.55. The molecule has 1 aliphatic rings. The van der Waals surface area contributed by atoms with Crippen molar-refractivity contribution in [3.05, 3.63) is 16.8 Å². The number of aromatic nitrogens is 2. The zero-order chi connectivity index (χ0) is 18.7. The van der Waals surface area contributed by atoms with E-state index < -0.39 is 29.7 Å². The highest BCUT2D eigenvalue weighted by Gasteiger charge is 2.33. The maximum absolute atomic E-state index is 12.6. The second kappa shape index (κ2) is 7.65. The molecule has 2 unspecified atom stereocenters. The number of carbonyl (C=O) groups excluding carboxylic acids is 3. The molecule has 3 rings (SSSR count). The minimum absolute atomic E-state index is 0.112. The number of thiophene rings is 1. The maximum atomic E-state index is 12.6. The van der Waals surface area contributed by atoms with Crippen LogP contribution < -0.4 is 16.0 Å². The maximum Gasteiger partial charge on any atom is 0.316 e. The van der Waals surface area contributed by atoms with E-state index in [0.717, 1.165) is 5.56 Å². The number of hydrogen-bond acceptors (Lipinski definition) is 8. The molecule has 0 radical (unpaired) electrons. The topological polar surface area (TPSA) is 126 Å². The molecule has 3 heterocycles. The summed E-state index contributed by atoms with van der Waals surface area (Å²) in [4.78, 5) is 35.9. The van der Waals surface area contributed by atoms with Gasteiger partial charge in [-0.05, 0) is 23.8 Å². The summed E-state index contributed by atoms with van der Waals surface area (Å²) in [6.07, 6.45) is 0.365. The van der Waals surface area contributed by atoms with E-state index in [0.29, 0.717) is 18.9 Å². The summed E-state index contributed by atoms with van der Waals surface area (Å²) in [6, 6.07) is 0.466. The summed E-state index contributed by atoms with van der Waals surface area (Å²) in [5.74, 6) is -1.46. The first kappa shape index (κ1) is 18.1. The molecule has 9 nitrogen and oxygen atoms in total. The molecule has 2 aromatic heterocycles. The third-order valence-electron chi connectivity index (χ3n) is 4.00. The largest absolute Gasteiger partial charge is 0.403 e. The Kier molecular flexibility index (Phi) is 5.31. The number of rotatable bonds is 6. The monoisotopic (exact) mass is 377 g/mol. The smallest absolute Gasteiger partial charge is 0.316 e. The van der Waals surface area contributed by atoms with E-state index in [-0.39, 0.29) is 11.9 Å². The first-order chi connectivity index (χ1) is 12.5. The average Bonchev–Trinajstić information content (AvgIpc) is 3.27. The standard InChI is InChI=1S/C16H19N5O4S/c1-8(2)11(13(23)18-10-3-5-17-14(24)12(10)22)19-16-21-20-15(25-16)9-4-6-26-7-9/h4,6-8,10-11H,3,5H2,1-2H3,(H,17,24)(H,18,23)(H,19,21). The van der Waals surface area contributed by atoms with Crippen molar-refractivity contribution in [3.63, 3.8) is 0 Å². The SMILES string of the molecule is CC(C)C(Nc1nnc(-c2ccsc2)o1)C(=O)NC1CCNC(=O)C1=O. The lowest BCUT2D eigenvalue weighted by Gasteiger charge is -2.26. The highest BCUT2D eigenvalue weighted by Crippen LogP contribution is 2.23. The van der Waals surface area contributed by atoms with E-state index in [1.807, 2.05) is 30.7 Å². The third kappa shape index (κ3) is 3.90. The Bertz CT molecular complexity index is 801. The van der Waals surface area contributed by atoms with Crippen LogP contribution in [0.15, 0.2) is 21.2 Å². The minimum Gasteiger partial charge on any atom is -0.403 e. The Morgan fingerprint density at radius 2 is 2.19 bits per heavy atom. The fourth-order valence-electron chi connectivity index (χ4n) is 2.56. The number of carbonyl (C=O) groups is 3. The van der Waals surface area contributed by atoms with Gasteiger partial charge in [0.15, 0.2) is 0 Å². The van der Waals surface area contributed by atoms with Crippen LogP contribution in [0.3, 0.4) is 0 Å². The molecule has 10 heteroatoms. The molecule has 2 amide bonds. The highest BCUT2D eigenvalue weighted by atomic mass is 32.1. The molecule has 3 N–H and O–H groups in total. The van der Waals surface area contributed by atoms with Crippen LogP contribution in [0, 0.1) is 5.92 Å². The van der Waals surface area contributed by atoms with Crippen molar-refractivity contribution < 1.29 is 18.8 Å². The summed E-state index contributed by atoms with van der Waals surface area (Å²) in [6.45, 7) is 4.05. The number of ketones is 1. The molecule has 1 fully saturated rings. The molecular weight excluding hydrogens is 358 g/mol. The Hall–Kier alpha value is -2.75. The Balaban J connectivity index is 1.68. The van der Waals surface area contributed by atoms with Crippen molar-refractivity contribution in [2.45, 2.75) is 32.4 Å². The van der Waals surface area contributed by atoms with Crippen LogP contribution in [0.5, 0.6) is 0 Å². The van der Waals surface area contributed by atoms with E-state index in [9.17, 15) is 14.4 Å². The van der Waals surface area contributed by atoms with Crippen molar-refractivity contribution in [2.24, 2.45) is 5.92 Å². The van der Waals surface area contributed by atoms with Gasteiger partial charge in [-0.2, -0.15) is 11.3 Å². The molecule has 1 saturated heterocycles. The van der Waals surface area contributed by atoms with Gasteiger partial charge < -0.3 is 20.4 Å². The quantitative estimate of drug-likeness (QED) is 0.636. The number of Topliss-reactive ketones (excluding diaryl/α,β-unsaturated/α-hetero) is 1. The number of piperidine rings is 1. The van der Waals surface area contributed by atoms with Gasteiger partial charge in [-0.1, -0.05) is 18.9 Å². The van der Waals surface area contributed by atoms with Gasteiger partial charge in [0.1, 0.15) is 6.04 Å². The lowest BCUT2D eigenvalue weighted by molar-refractivity contribution is -0.141. The molecule has 1 aliphatic heterocycles. The molecule has 0 aliphatic carbocycles. The summed E-state index contributed by atoms with van der Waals surface area (Å²) in [5, 5.41) is 19.7. The van der Waals surface area contributed by atoms with Crippen LogP contribution >= 0.6 is 11.3 Å². The van der Waals surface area contributed by atoms with Crippen LogP contribution in [0.4, 0.5) is 6.01 Å². The summed E-state index contributed by atoms with van der Waals surface area (Å²) in [7, 11) is 0. The molecule has 0 bridgehead atoms. The second-order valence-corrected chi connectivity index (χ2v) is 7.04. The zero-order valence-corrected chi connectivity index (χ0v) is 15.1. The van der Waals surface area contributed by atoms with Crippen molar-refractivity contribution >= 4 is 34.9 Å². The predicted molar refractivity (Wildman–Crippen MR) is 94.4 cm³/mol. The lowest BCUT2D eigenvalue weighted by atomic mass is 10.0. The van der Waals surface area contributed by atoms with E-state index in [4.69, 9.17) is 4.42 Å². The van der Waals surface area contributed by atoms with Crippen molar-refractivity contribution in [3.8, 4) is 11.5 Å². The first-order valence-electron chi connectivity index (χ1n) is 8.20. The number of amides is 2. The van der Waals surface area contributed by atoms with Gasteiger partial charge in [0.2, 0.25) is 11.7 Å². The Labute approximate surface area is 153 Å². The summed E-state index contributed by atoms with van der Waals surface area (Å²) >= 11 is 1.51. The number of anilines is 1. The zero-order valence-electron chi connectivity index (χ0n) is 14.3. The number of nitrogens with one attached hydrogen (secondary N) is 3. The molecule has 2 aromatic rings. The van der Waals surface area contributed by atoms with Crippen molar-refractivity contribution in [2.75, 3.05) is 11.9 Å². The second-order valence-electron chi connectivity index (χ2n) is 6.26. The lowest BCUT2D eigenvalue weighted by Crippen LogP contribution is -2.56. The van der Waals surface area contributed by atoms with Gasteiger partial charge in [0.25, 0.3) is 11.8 Å². The minimum atomic E-state index is -0.816. The normalized spacial score (nSPS) is 18.5. The van der Waals surface area contributed by atoms with Crippen molar-refractivity contribution in [1.29, 1.82) is 0 Å². The third-order valence-corrected chi connectivity index (χ3v) is 4.68. The Morgan fingerprint density at radius 3 is 2.88 bits per heavy atom. The first-order valence-corrected chi connectivity index (χ1v) is 9.15. The number of nitrogens with zero attached hydrogens (tertiary/aromatic N) is 2. The highest BCUT2D eigenvalue weighted by molar-refractivity contribution is 7.08. The van der Waals surface area contributed by atoms with E-state index >= 15 is 0 Å². The van der Waals surface area contributed by atoms with Gasteiger partial charge in [-0.3, -0.25) is 14.4 Å². The molecule has 138 valence electrons. The average molecular weight is 377 g/mol. The summed E-state index contributed by atoms with van der Waals surface area (Å²) in [5.41, 5.74) is 0.805. The number of hydrogen-bond donors (Lipinski definition) is 3. The van der Waals surface area contributed by atoms with Gasteiger partial charge >= 0.3 is 6.01 Å². The van der Waals surface area contributed by atoms with Crippen molar-refractivity contribution in [1.82, 2.24) is 20.8 Å². The van der Waals surface area contributed by atoms with Gasteiger partial charge in [0, 0.05) is 17.5 Å². The molecule has 0 spiro atoms. The fraction of sp³-hybridized carbons (Fsp3) is 0.438. The van der Waals surface area contributed by atoms with Gasteiger partial charge in [-0.15, -0.1) is 5.10 Å². The van der Waals surface area contributed by atoms with E-state index in [1.165, 1.54) is 11.3 Å². The Morgan fingerprint density at radius 1 is 1.38 bits per heavy atom. The predicted octanol–water partition coefficient (Wildman–Crippen LogP) is 0.808. The van der Waals surface area contributed by atoms with Gasteiger partial charge in [-0.25, -0.2) is 0 Å². The molecule has 0 aromatic carbocycles. The van der Waals surface area contributed by atoms with Crippen LogP contribution in [0.1, 0.15) is 20.3 Å². The van der Waals surface area contributed by atoms with E-state index in [1.54, 1.807) is 0 Å². The van der Waals surface area contributed by atoms with E-state index in [2.05, 4.69) is 26.1 Å². The molecule has 26 heavy (non-hydrogen) atoms.